The maximum Gasteiger partial charge on any atom is 0.266 e. The average Bonchev–Trinajstić information content (AvgIpc) is 2.70. The van der Waals surface area contributed by atoms with Gasteiger partial charge in [-0.1, -0.05) is 36.4 Å². The zero-order valence-corrected chi connectivity index (χ0v) is 15.1. The molecule has 0 aliphatic carbocycles. The molecule has 0 amide bonds. The van der Waals surface area contributed by atoms with E-state index in [1.54, 1.807) is 73.7 Å². The number of fused-ring (bicyclic) bond motifs is 1. The topological polar surface area (TPSA) is 34.9 Å². The van der Waals surface area contributed by atoms with Gasteiger partial charge in [0.05, 0.1) is 16.6 Å². The summed E-state index contributed by atoms with van der Waals surface area (Å²) in [5, 5.41) is 0.423. The fourth-order valence-electron chi connectivity index (χ4n) is 3.01. The number of para-hydroxylation sites is 1. The number of hydrogen-bond donors (Lipinski definition) is 0. The van der Waals surface area contributed by atoms with Gasteiger partial charge in [-0.05, 0) is 55.0 Å². The number of halogens is 2. The van der Waals surface area contributed by atoms with E-state index in [0.717, 1.165) is 0 Å². The summed E-state index contributed by atoms with van der Waals surface area (Å²) in [7, 11) is 0. The van der Waals surface area contributed by atoms with Gasteiger partial charge in [-0.3, -0.25) is 9.36 Å². The highest BCUT2D eigenvalue weighted by molar-refractivity contribution is 5.80. The lowest BCUT2D eigenvalue weighted by Crippen LogP contribution is -2.22. The molecule has 4 rings (SSSR count). The molecule has 3 aromatic carbocycles. The van der Waals surface area contributed by atoms with E-state index in [1.807, 2.05) is 0 Å². The van der Waals surface area contributed by atoms with Crippen molar-refractivity contribution in [3.8, 4) is 5.69 Å². The highest BCUT2D eigenvalue weighted by Crippen LogP contribution is 2.18. The molecule has 0 aliphatic rings. The molecule has 4 aromatic rings. The molecule has 0 saturated heterocycles. The Labute approximate surface area is 160 Å². The Kier molecular flexibility index (Phi) is 4.57. The van der Waals surface area contributed by atoms with Crippen LogP contribution in [0.25, 0.3) is 28.7 Å². The predicted octanol–water partition coefficient (Wildman–Crippen LogP) is 5.14. The van der Waals surface area contributed by atoms with E-state index in [1.165, 1.54) is 16.7 Å². The second-order valence-electron chi connectivity index (χ2n) is 6.42. The fraction of sp³-hybridized carbons (Fsp3) is 0.0435. The van der Waals surface area contributed by atoms with Crippen molar-refractivity contribution in [1.82, 2.24) is 9.55 Å². The molecule has 0 N–H and O–H groups in total. The van der Waals surface area contributed by atoms with E-state index in [0.29, 0.717) is 27.7 Å². The van der Waals surface area contributed by atoms with Gasteiger partial charge in [-0.25, -0.2) is 13.8 Å². The molecular weight excluding hydrogens is 358 g/mol. The van der Waals surface area contributed by atoms with E-state index >= 15 is 0 Å². The SMILES string of the molecule is Cc1ccc(-n2c(/C=C\c3ccccc3F)nc3ccccc3c2=O)cc1F. The van der Waals surface area contributed by atoms with Crippen LogP contribution in [0.1, 0.15) is 17.0 Å². The van der Waals surface area contributed by atoms with Gasteiger partial charge in [0.1, 0.15) is 17.5 Å². The van der Waals surface area contributed by atoms with Crippen LogP contribution < -0.4 is 5.56 Å². The summed E-state index contributed by atoms with van der Waals surface area (Å²) in [5.74, 6) is -0.508. The van der Waals surface area contributed by atoms with Gasteiger partial charge in [0, 0.05) is 5.56 Å². The number of aromatic nitrogens is 2. The molecule has 0 fully saturated rings. The highest BCUT2D eigenvalue weighted by atomic mass is 19.1. The van der Waals surface area contributed by atoms with Crippen molar-refractivity contribution in [2.75, 3.05) is 0 Å². The Hall–Kier alpha value is -3.60. The van der Waals surface area contributed by atoms with Crippen LogP contribution in [0.4, 0.5) is 8.78 Å². The van der Waals surface area contributed by atoms with Gasteiger partial charge < -0.3 is 0 Å². The lowest BCUT2D eigenvalue weighted by atomic mass is 10.1. The molecule has 138 valence electrons. The van der Waals surface area contributed by atoms with E-state index in [4.69, 9.17) is 0 Å². The number of hydrogen-bond acceptors (Lipinski definition) is 2. The van der Waals surface area contributed by atoms with Crippen LogP contribution in [0.3, 0.4) is 0 Å². The maximum atomic E-state index is 14.1. The summed E-state index contributed by atoms with van der Waals surface area (Å²) in [6.45, 7) is 1.65. The monoisotopic (exact) mass is 374 g/mol. The van der Waals surface area contributed by atoms with Crippen molar-refractivity contribution in [2.24, 2.45) is 0 Å². The maximum absolute atomic E-state index is 14.1. The average molecular weight is 374 g/mol. The Balaban J connectivity index is 1.97. The molecule has 1 aromatic heterocycles. The minimum absolute atomic E-state index is 0.287. The Morgan fingerprint density at radius 1 is 0.893 bits per heavy atom. The first-order valence-electron chi connectivity index (χ1n) is 8.75. The molecule has 28 heavy (non-hydrogen) atoms. The first kappa shape index (κ1) is 17.8. The summed E-state index contributed by atoms with van der Waals surface area (Å²) in [5.41, 5.74) is 1.41. The summed E-state index contributed by atoms with van der Waals surface area (Å²) in [6.07, 6.45) is 3.11. The number of rotatable bonds is 3. The summed E-state index contributed by atoms with van der Waals surface area (Å²) in [6, 6.07) is 17.8. The molecule has 5 heteroatoms. The van der Waals surface area contributed by atoms with Gasteiger partial charge in [-0.2, -0.15) is 0 Å². The number of benzene rings is 3. The summed E-state index contributed by atoms with van der Waals surface area (Å²) >= 11 is 0. The third-order valence-electron chi connectivity index (χ3n) is 4.53. The van der Waals surface area contributed by atoms with Crippen molar-refractivity contribution >= 4 is 23.1 Å². The number of nitrogens with zero attached hydrogens (tertiary/aromatic N) is 2. The van der Waals surface area contributed by atoms with Crippen molar-refractivity contribution in [3.63, 3.8) is 0 Å². The summed E-state index contributed by atoms with van der Waals surface area (Å²) < 4.78 is 29.4. The lowest BCUT2D eigenvalue weighted by molar-refractivity contribution is 0.617. The van der Waals surface area contributed by atoms with E-state index in [-0.39, 0.29) is 17.2 Å². The Morgan fingerprint density at radius 2 is 1.64 bits per heavy atom. The Bertz CT molecular complexity index is 1280. The third-order valence-corrected chi connectivity index (χ3v) is 4.53. The molecular formula is C23H16F2N2O. The van der Waals surface area contributed by atoms with E-state index in [9.17, 15) is 13.6 Å². The van der Waals surface area contributed by atoms with Gasteiger partial charge in [-0.15, -0.1) is 0 Å². The molecule has 1 heterocycles. The minimum atomic E-state index is -0.415. The summed E-state index contributed by atoms with van der Waals surface area (Å²) in [4.78, 5) is 17.7. The Morgan fingerprint density at radius 3 is 2.43 bits per heavy atom. The first-order chi connectivity index (χ1) is 13.5. The smallest absolute Gasteiger partial charge is 0.266 e. The normalized spacial score (nSPS) is 11.4. The third kappa shape index (κ3) is 3.22. The zero-order valence-electron chi connectivity index (χ0n) is 15.1. The first-order valence-corrected chi connectivity index (χ1v) is 8.75. The van der Waals surface area contributed by atoms with Crippen LogP contribution >= 0.6 is 0 Å². The van der Waals surface area contributed by atoms with Gasteiger partial charge >= 0.3 is 0 Å². The molecule has 0 atom stereocenters. The predicted molar refractivity (Wildman–Crippen MR) is 107 cm³/mol. The number of aryl methyl sites for hydroxylation is 1. The molecule has 3 nitrogen and oxygen atoms in total. The molecule has 0 unspecified atom stereocenters. The minimum Gasteiger partial charge on any atom is -0.268 e. The van der Waals surface area contributed by atoms with Gasteiger partial charge in [0.2, 0.25) is 0 Å². The second-order valence-corrected chi connectivity index (χ2v) is 6.42. The van der Waals surface area contributed by atoms with E-state index < -0.39 is 5.82 Å². The molecule has 0 aliphatic heterocycles. The lowest BCUT2D eigenvalue weighted by Gasteiger charge is -2.12. The second kappa shape index (κ2) is 7.19. The van der Waals surface area contributed by atoms with Crippen molar-refractivity contribution < 1.29 is 8.78 Å². The quantitative estimate of drug-likeness (QED) is 0.497. The fourth-order valence-corrected chi connectivity index (χ4v) is 3.01. The van der Waals surface area contributed by atoms with Crippen LogP contribution in [-0.4, -0.2) is 9.55 Å². The zero-order chi connectivity index (χ0) is 19.7. The molecule has 0 saturated carbocycles. The molecule has 0 radical (unpaired) electrons. The van der Waals surface area contributed by atoms with Crippen LogP contribution in [-0.2, 0) is 0 Å². The van der Waals surface area contributed by atoms with Crippen LogP contribution in [0.5, 0.6) is 0 Å². The largest absolute Gasteiger partial charge is 0.268 e. The van der Waals surface area contributed by atoms with Crippen LogP contribution in [0.15, 0.2) is 71.5 Å². The highest BCUT2D eigenvalue weighted by Gasteiger charge is 2.12. The standard InChI is InChI=1S/C23H16F2N2O/c1-15-10-12-17(14-20(15)25)27-22(13-11-16-6-2-4-8-19(16)24)26-21-9-5-3-7-18(21)23(27)28/h2-14H,1H3/b13-11-. The molecule has 0 spiro atoms. The van der Waals surface area contributed by atoms with E-state index in [2.05, 4.69) is 4.98 Å². The van der Waals surface area contributed by atoms with Crippen LogP contribution in [0, 0.1) is 18.6 Å². The van der Waals surface area contributed by atoms with Crippen molar-refractivity contribution in [1.29, 1.82) is 0 Å². The molecule has 0 bridgehead atoms. The van der Waals surface area contributed by atoms with Crippen LogP contribution in [0.2, 0.25) is 0 Å². The van der Waals surface area contributed by atoms with Gasteiger partial charge in [0.15, 0.2) is 0 Å². The van der Waals surface area contributed by atoms with Crippen molar-refractivity contribution in [3.05, 3.63) is 106 Å². The van der Waals surface area contributed by atoms with Gasteiger partial charge in [0.25, 0.3) is 5.56 Å². The van der Waals surface area contributed by atoms with Crippen molar-refractivity contribution in [2.45, 2.75) is 6.92 Å².